The smallest absolute Gasteiger partial charge is 0.0928 e. The molecule has 0 bridgehead atoms. The molecule has 6 heteroatoms. The predicted molar refractivity (Wildman–Crippen MR) is 52.1 cm³/mol. The largest absolute Gasteiger partial charge is 0.110 e. The molecule has 4 radical (unpaired) electrons. The van der Waals surface area contributed by atoms with E-state index in [1.807, 2.05) is 0 Å². The van der Waals surface area contributed by atoms with Crippen LogP contribution >= 0.6 is 46.4 Å². The van der Waals surface area contributed by atoms with E-state index in [1.54, 1.807) is 0 Å². The zero-order chi connectivity index (χ0) is 7.98. The Kier molecular flexibility index (Phi) is 8.41. The molecule has 0 amide bonds. The summed E-state index contributed by atoms with van der Waals surface area (Å²) >= 11 is 22.0. The molecule has 0 saturated heterocycles. The first-order valence-electron chi connectivity index (χ1n) is 2.66. The summed E-state index contributed by atoms with van der Waals surface area (Å²) in [6.07, 6.45) is 0. The Bertz CT molecular complexity index is 67.7. The zero-order valence-corrected chi connectivity index (χ0v) is 10.1. The lowest BCUT2D eigenvalue weighted by Crippen LogP contribution is -2.06. The molecule has 0 nitrogen and oxygen atoms in total. The Hall–Kier alpha value is 1.59. The summed E-state index contributed by atoms with van der Waals surface area (Å²) in [5, 5.41) is 0. The van der Waals surface area contributed by atoms with Crippen LogP contribution in [0.1, 0.15) is 0 Å². The van der Waals surface area contributed by atoms with Gasteiger partial charge in [-0.05, 0) is 0 Å². The maximum atomic E-state index is 5.51. The van der Waals surface area contributed by atoms with Gasteiger partial charge in [-0.2, -0.15) is 0 Å². The summed E-state index contributed by atoms with van der Waals surface area (Å²) in [7, 11) is 1.22. The van der Waals surface area contributed by atoms with E-state index in [0.717, 1.165) is 12.1 Å². The van der Waals surface area contributed by atoms with Gasteiger partial charge >= 0.3 is 0 Å². The van der Waals surface area contributed by atoms with Crippen LogP contribution in [-0.4, -0.2) is 28.0 Å². The molecule has 0 fully saturated rings. The molecule has 0 aliphatic rings. The molecule has 0 N–H and O–H groups in total. The molecular formula is C4H6Cl4Si2. The Balaban J connectivity index is 2.91. The minimum atomic E-state index is -0.214. The van der Waals surface area contributed by atoms with Gasteiger partial charge in [-0.15, -0.1) is 46.4 Å². The maximum absolute atomic E-state index is 5.51. The van der Waals surface area contributed by atoms with Gasteiger partial charge in [0, 0.05) is 0 Å². The lowest BCUT2D eigenvalue weighted by atomic mass is 10.9. The van der Waals surface area contributed by atoms with Gasteiger partial charge in [0.15, 0.2) is 0 Å². The third-order valence-electron chi connectivity index (χ3n) is 0.722. The van der Waals surface area contributed by atoms with Crippen LogP contribution in [0.3, 0.4) is 0 Å². The van der Waals surface area contributed by atoms with Gasteiger partial charge in [0.05, 0.1) is 28.0 Å². The van der Waals surface area contributed by atoms with Crippen LogP contribution in [0.2, 0.25) is 12.1 Å². The minimum absolute atomic E-state index is 0.214. The molecule has 0 unspecified atom stereocenters. The first-order chi connectivity index (χ1) is 4.63. The predicted octanol–water partition coefficient (Wildman–Crippen LogP) is 2.75. The van der Waals surface area contributed by atoms with E-state index in [1.165, 1.54) is 0 Å². The van der Waals surface area contributed by atoms with Crippen LogP contribution in [0, 0.1) is 0 Å². The van der Waals surface area contributed by atoms with Crippen molar-refractivity contribution in [2.75, 3.05) is 0 Å². The monoisotopic (exact) mass is 250 g/mol. The van der Waals surface area contributed by atoms with Crippen LogP contribution in [-0.2, 0) is 0 Å². The van der Waals surface area contributed by atoms with Gasteiger partial charge in [0.2, 0.25) is 0 Å². The van der Waals surface area contributed by atoms with Gasteiger partial charge in [-0.1, -0.05) is 12.1 Å². The topological polar surface area (TPSA) is 0 Å². The maximum Gasteiger partial charge on any atom is 0.0928 e. The van der Waals surface area contributed by atoms with E-state index in [2.05, 4.69) is 0 Å². The second-order valence-electron chi connectivity index (χ2n) is 1.51. The summed E-state index contributed by atoms with van der Waals surface area (Å²) < 4.78 is -0.428. The highest BCUT2D eigenvalue weighted by atomic mass is 35.5. The van der Waals surface area contributed by atoms with Gasteiger partial charge in [0.25, 0.3) is 0 Å². The van der Waals surface area contributed by atoms with E-state index >= 15 is 0 Å². The van der Waals surface area contributed by atoms with Crippen molar-refractivity contribution in [3.63, 3.8) is 0 Å². The van der Waals surface area contributed by atoms with Crippen molar-refractivity contribution in [3.05, 3.63) is 0 Å². The first-order valence-corrected chi connectivity index (χ1v) is 6.97. The summed E-state index contributed by atoms with van der Waals surface area (Å²) in [6, 6.07) is 2.07. The molecule has 0 aliphatic heterocycles. The third kappa shape index (κ3) is 9.59. The van der Waals surface area contributed by atoms with Crippen molar-refractivity contribution < 1.29 is 0 Å². The van der Waals surface area contributed by atoms with Crippen molar-refractivity contribution >= 4 is 65.4 Å². The molecule has 0 heterocycles. The summed E-state index contributed by atoms with van der Waals surface area (Å²) in [6.45, 7) is 0. The summed E-state index contributed by atoms with van der Waals surface area (Å²) in [4.78, 5) is 0. The Morgan fingerprint density at radius 2 is 1.10 bits per heavy atom. The van der Waals surface area contributed by atoms with Crippen LogP contribution in [0.4, 0.5) is 0 Å². The lowest BCUT2D eigenvalue weighted by molar-refractivity contribution is 1.39. The molecular weight excluding hydrogens is 246 g/mol. The lowest BCUT2D eigenvalue weighted by Gasteiger charge is -1.98. The summed E-state index contributed by atoms with van der Waals surface area (Å²) in [5.74, 6) is 0. The number of rotatable bonds is 5. The molecule has 0 atom stereocenters. The fraction of sp³-hybridized carbons (Fsp3) is 1.00. The zero-order valence-electron chi connectivity index (χ0n) is 5.08. The fourth-order valence-corrected chi connectivity index (χ4v) is 3.26. The van der Waals surface area contributed by atoms with E-state index in [-0.39, 0.29) is 8.92 Å². The number of halogens is 4. The third-order valence-corrected chi connectivity index (χ3v) is 4.77. The first kappa shape index (κ1) is 11.6. The molecule has 10 heavy (non-hydrogen) atoms. The molecule has 0 aromatic rings. The van der Waals surface area contributed by atoms with Crippen LogP contribution in [0.5, 0.6) is 0 Å². The molecule has 0 aliphatic carbocycles. The van der Waals surface area contributed by atoms with Gasteiger partial charge < -0.3 is 0 Å². The Morgan fingerprint density at radius 3 is 1.30 bits per heavy atom. The molecule has 0 saturated carbocycles. The number of hydrogen-bond donors (Lipinski definition) is 0. The van der Waals surface area contributed by atoms with E-state index in [9.17, 15) is 0 Å². The standard InChI is InChI=1S/C4H6Cl4Si2/c5-3(6)9-1-2-10-4(7)8/h3-4H,1-2H2. The van der Waals surface area contributed by atoms with Crippen molar-refractivity contribution in [2.45, 2.75) is 21.0 Å². The van der Waals surface area contributed by atoms with Gasteiger partial charge in [0.1, 0.15) is 0 Å². The number of alkyl halides is 4. The highest BCUT2D eigenvalue weighted by Gasteiger charge is 2.03. The second kappa shape index (κ2) is 7.25. The molecule has 58 valence electrons. The van der Waals surface area contributed by atoms with E-state index in [0.29, 0.717) is 19.0 Å². The highest BCUT2D eigenvalue weighted by molar-refractivity contribution is 6.71. The minimum Gasteiger partial charge on any atom is -0.110 e. The van der Waals surface area contributed by atoms with E-state index in [4.69, 9.17) is 46.4 Å². The van der Waals surface area contributed by atoms with Gasteiger partial charge in [-0.3, -0.25) is 0 Å². The second-order valence-corrected chi connectivity index (χ2v) is 8.14. The van der Waals surface area contributed by atoms with Crippen molar-refractivity contribution in [3.8, 4) is 0 Å². The Labute approximate surface area is 86.2 Å². The molecule has 0 spiro atoms. The van der Waals surface area contributed by atoms with Crippen molar-refractivity contribution in [1.82, 2.24) is 0 Å². The summed E-state index contributed by atoms with van der Waals surface area (Å²) in [5.41, 5.74) is 0. The average molecular weight is 252 g/mol. The molecule has 0 aromatic carbocycles. The molecule has 0 aromatic heterocycles. The van der Waals surface area contributed by atoms with Crippen LogP contribution < -0.4 is 0 Å². The van der Waals surface area contributed by atoms with Crippen LogP contribution in [0.15, 0.2) is 0 Å². The number of hydrogen-bond acceptors (Lipinski definition) is 0. The van der Waals surface area contributed by atoms with Crippen molar-refractivity contribution in [2.24, 2.45) is 0 Å². The normalized spacial score (nSPS) is 11.4. The average Bonchev–Trinajstić information content (AvgIpc) is 1.79. The SMILES string of the molecule is ClC(Cl)[Si]CC[Si]C(Cl)Cl. The van der Waals surface area contributed by atoms with Crippen LogP contribution in [0.25, 0.3) is 0 Å². The van der Waals surface area contributed by atoms with Crippen molar-refractivity contribution in [1.29, 1.82) is 0 Å². The Morgan fingerprint density at radius 1 is 0.800 bits per heavy atom. The highest BCUT2D eigenvalue weighted by Crippen LogP contribution is 2.06. The fourth-order valence-electron chi connectivity index (χ4n) is 0.363. The molecule has 0 rings (SSSR count). The van der Waals surface area contributed by atoms with E-state index < -0.39 is 0 Å². The quantitative estimate of drug-likeness (QED) is 0.401. The van der Waals surface area contributed by atoms with Gasteiger partial charge in [-0.25, -0.2) is 0 Å².